The maximum Gasteiger partial charge on any atom is 0.241 e. The summed E-state index contributed by atoms with van der Waals surface area (Å²) >= 11 is 3.43. The molecule has 118 valence electrons. The molecule has 1 fully saturated rings. The van der Waals surface area contributed by atoms with Crippen molar-refractivity contribution in [3.05, 3.63) is 27.7 Å². The minimum atomic E-state index is -3.47. The van der Waals surface area contributed by atoms with E-state index >= 15 is 0 Å². The number of rotatable bonds is 6. The van der Waals surface area contributed by atoms with Crippen LogP contribution in [-0.4, -0.2) is 21.0 Å². The zero-order valence-electron chi connectivity index (χ0n) is 12.6. The van der Waals surface area contributed by atoms with Gasteiger partial charge in [0.15, 0.2) is 0 Å². The molecule has 21 heavy (non-hydrogen) atoms. The highest BCUT2D eigenvalue weighted by Crippen LogP contribution is 2.29. The first-order chi connectivity index (χ1) is 9.94. The predicted octanol–water partition coefficient (Wildman–Crippen LogP) is 3.09. The van der Waals surface area contributed by atoms with Gasteiger partial charge in [0, 0.05) is 17.1 Å². The van der Waals surface area contributed by atoms with Gasteiger partial charge in [-0.25, -0.2) is 13.1 Å². The van der Waals surface area contributed by atoms with E-state index in [1.807, 2.05) is 19.9 Å². The molecule has 1 aromatic rings. The minimum absolute atomic E-state index is 0.0830. The number of hydrogen-bond donors (Lipinski definition) is 2. The van der Waals surface area contributed by atoms with E-state index in [1.165, 1.54) is 0 Å². The first-order valence-corrected chi connectivity index (χ1v) is 9.73. The van der Waals surface area contributed by atoms with Crippen LogP contribution in [-0.2, 0) is 16.6 Å². The van der Waals surface area contributed by atoms with Crippen molar-refractivity contribution < 1.29 is 8.42 Å². The quantitative estimate of drug-likeness (QED) is 0.804. The number of nitrogens with one attached hydrogen (secondary N) is 2. The van der Waals surface area contributed by atoms with Gasteiger partial charge in [-0.05, 0) is 59.4 Å². The molecule has 0 saturated heterocycles. The van der Waals surface area contributed by atoms with Crippen LogP contribution in [0.15, 0.2) is 21.5 Å². The zero-order chi connectivity index (χ0) is 15.5. The van der Waals surface area contributed by atoms with Crippen LogP contribution in [0.25, 0.3) is 0 Å². The van der Waals surface area contributed by atoms with Gasteiger partial charge in [0.05, 0.1) is 4.90 Å². The molecule has 0 unspecified atom stereocenters. The molecule has 2 N–H and O–H groups in total. The smallest absolute Gasteiger partial charge is 0.241 e. The van der Waals surface area contributed by atoms with Crippen LogP contribution in [0.4, 0.5) is 0 Å². The van der Waals surface area contributed by atoms with E-state index in [-0.39, 0.29) is 6.04 Å². The molecule has 0 radical (unpaired) electrons. The molecule has 0 amide bonds. The van der Waals surface area contributed by atoms with Gasteiger partial charge in [-0.2, -0.15) is 0 Å². The summed E-state index contributed by atoms with van der Waals surface area (Å²) in [4.78, 5) is 0.349. The highest BCUT2D eigenvalue weighted by atomic mass is 79.9. The van der Waals surface area contributed by atoms with Crippen molar-refractivity contribution in [1.29, 1.82) is 0 Å². The van der Waals surface area contributed by atoms with Gasteiger partial charge in [0.1, 0.15) is 0 Å². The molecule has 1 aromatic carbocycles. The molecule has 0 heterocycles. The molecule has 6 heteroatoms. The van der Waals surface area contributed by atoms with Crippen LogP contribution in [0.2, 0.25) is 0 Å². The van der Waals surface area contributed by atoms with Gasteiger partial charge in [-0.15, -0.1) is 0 Å². The van der Waals surface area contributed by atoms with E-state index in [0.29, 0.717) is 15.9 Å². The Morgan fingerprint density at radius 1 is 1.29 bits per heavy atom. The molecule has 0 spiro atoms. The van der Waals surface area contributed by atoms with E-state index in [4.69, 9.17) is 0 Å². The average molecular weight is 375 g/mol. The Bertz CT molecular complexity index is 596. The second kappa shape index (κ2) is 7.22. The topological polar surface area (TPSA) is 58.2 Å². The Kier molecular flexibility index (Phi) is 5.82. The third kappa shape index (κ3) is 4.28. The Hall–Kier alpha value is -0.430. The molecule has 2 rings (SSSR count). The van der Waals surface area contributed by atoms with Crippen molar-refractivity contribution >= 4 is 26.0 Å². The fraction of sp³-hybridized carbons (Fsp3) is 0.600. The van der Waals surface area contributed by atoms with E-state index < -0.39 is 10.0 Å². The summed E-state index contributed by atoms with van der Waals surface area (Å²) in [6, 6.07) is 3.86. The van der Waals surface area contributed by atoms with Gasteiger partial charge >= 0.3 is 0 Å². The van der Waals surface area contributed by atoms with Crippen LogP contribution in [0.5, 0.6) is 0 Å². The summed E-state index contributed by atoms with van der Waals surface area (Å²) in [5.41, 5.74) is 1.93. The van der Waals surface area contributed by atoms with Crippen LogP contribution < -0.4 is 10.0 Å². The van der Waals surface area contributed by atoms with Gasteiger partial charge < -0.3 is 5.32 Å². The molecule has 0 aliphatic heterocycles. The summed E-state index contributed by atoms with van der Waals surface area (Å²) in [5, 5.41) is 3.23. The standard InChI is InChI=1S/C15H23BrN2O2S/c1-3-17-10-12-8-11(2)15(16)14(9-12)21(19,20)18-13-6-4-5-7-13/h8-9,13,17-18H,3-7,10H2,1-2H3. The molecule has 0 atom stereocenters. The maximum absolute atomic E-state index is 12.6. The lowest BCUT2D eigenvalue weighted by atomic mass is 10.1. The summed E-state index contributed by atoms with van der Waals surface area (Å²) in [6.45, 7) is 5.49. The van der Waals surface area contributed by atoms with E-state index in [2.05, 4.69) is 26.0 Å². The Labute approximate surface area is 135 Å². The molecule has 0 bridgehead atoms. The van der Waals surface area contributed by atoms with Crippen molar-refractivity contribution in [1.82, 2.24) is 10.0 Å². The maximum atomic E-state index is 12.6. The van der Waals surface area contributed by atoms with Crippen LogP contribution in [0.3, 0.4) is 0 Å². The lowest BCUT2D eigenvalue weighted by Gasteiger charge is -2.16. The number of aryl methyl sites for hydroxylation is 1. The number of benzene rings is 1. The lowest BCUT2D eigenvalue weighted by Crippen LogP contribution is -2.33. The third-order valence-corrected chi connectivity index (χ3v) is 6.69. The van der Waals surface area contributed by atoms with Crippen LogP contribution in [0, 0.1) is 6.92 Å². The highest BCUT2D eigenvalue weighted by Gasteiger charge is 2.25. The van der Waals surface area contributed by atoms with Crippen LogP contribution >= 0.6 is 15.9 Å². The molecule has 1 aliphatic carbocycles. The van der Waals surface area contributed by atoms with Gasteiger partial charge in [0.25, 0.3) is 0 Å². The molecule has 4 nitrogen and oxygen atoms in total. The summed E-state index contributed by atoms with van der Waals surface area (Å²) in [5.74, 6) is 0. The summed E-state index contributed by atoms with van der Waals surface area (Å²) in [7, 11) is -3.47. The lowest BCUT2D eigenvalue weighted by molar-refractivity contribution is 0.551. The normalized spacial score (nSPS) is 16.5. The van der Waals surface area contributed by atoms with Crippen molar-refractivity contribution in [2.75, 3.05) is 6.54 Å². The fourth-order valence-electron chi connectivity index (χ4n) is 2.70. The Morgan fingerprint density at radius 3 is 2.57 bits per heavy atom. The Balaban J connectivity index is 2.29. The van der Waals surface area contributed by atoms with Gasteiger partial charge in [-0.1, -0.05) is 25.8 Å². The van der Waals surface area contributed by atoms with E-state index in [0.717, 1.165) is 43.4 Å². The number of hydrogen-bond acceptors (Lipinski definition) is 3. The summed E-state index contributed by atoms with van der Waals surface area (Å²) in [6.07, 6.45) is 4.08. The second-order valence-corrected chi connectivity index (χ2v) is 8.08. The third-order valence-electron chi connectivity index (χ3n) is 3.83. The SMILES string of the molecule is CCNCc1cc(C)c(Br)c(S(=O)(=O)NC2CCCC2)c1. The van der Waals surface area contributed by atoms with Crippen molar-refractivity contribution in [2.45, 2.75) is 57.0 Å². The average Bonchev–Trinajstić information content (AvgIpc) is 2.91. The van der Waals surface area contributed by atoms with E-state index in [9.17, 15) is 8.42 Å². The summed E-state index contributed by atoms with van der Waals surface area (Å²) < 4.78 is 28.8. The van der Waals surface area contributed by atoms with E-state index in [1.54, 1.807) is 6.07 Å². The first-order valence-electron chi connectivity index (χ1n) is 7.46. The molecule has 0 aromatic heterocycles. The van der Waals surface area contributed by atoms with Crippen molar-refractivity contribution in [3.8, 4) is 0 Å². The molecular formula is C15H23BrN2O2S. The van der Waals surface area contributed by atoms with Gasteiger partial charge in [0.2, 0.25) is 10.0 Å². The monoisotopic (exact) mass is 374 g/mol. The largest absolute Gasteiger partial charge is 0.313 e. The Morgan fingerprint density at radius 2 is 1.95 bits per heavy atom. The predicted molar refractivity (Wildman–Crippen MR) is 88.8 cm³/mol. The first kappa shape index (κ1) is 16.9. The number of halogens is 1. The molecule has 1 saturated carbocycles. The highest BCUT2D eigenvalue weighted by molar-refractivity contribution is 9.10. The zero-order valence-corrected chi connectivity index (χ0v) is 15.0. The van der Waals surface area contributed by atoms with Gasteiger partial charge in [-0.3, -0.25) is 0 Å². The fourth-order valence-corrected chi connectivity index (χ4v) is 5.08. The van der Waals surface area contributed by atoms with Crippen molar-refractivity contribution in [3.63, 3.8) is 0 Å². The number of sulfonamides is 1. The van der Waals surface area contributed by atoms with Crippen molar-refractivity contribution in [2.24, 2.45) is 0 Å². The second-order valence-electron chi connectivity index (χ2n) is 5.61. The minimum Gasteiger partial charge on any atom is -0.313 e. The van der Waals surface area contributed by atoms with Crippen LogP contribution in [0.1, 0.15) is 43.7 Å². The molecule has 1 aliphatic rings. The molecular weight excluding hydrogens is 352 g/mol.